The number of rotatable bonds is 3. The monoisotopic (exact) mass is 342 g/mol. The number of fused-ring (bicyclic) bond motifs is 1. The minimum atomic E-state index is -0.561. The lowest BCUT2D eigenvalue weighted by atomic mass is 9.93. The summed E-state index contributed by atoms with van der Waals surface area (Å²) in [6.45, 7) is 4.92. The van der Waals surface area contributed by atoms with Crippen LogP contribution in [0.25, 0.3) is 0 Å². The summed E-state index contributed by atoms with van der Waals surface area (Å²) in [5.41, 5.74) is 8.60. The number of amides is 3. The molecule has 2 saturated heterocycles. The van der Waals surface area contributed by atoms with Gasteiger partial charge in [-0.25, -0.2) is 0 Å². The molecule has 3 aliphatic rings. The average molecular weight is 342 g/mol. The number of benzene rings is 1. The molecule has 4 rings (SSSR count). The van der Waals surface area contributed by atoms with Gasteiger partial charge in [0.2, 0.25) is 11.8 Å². The van der Waals surface area contributed by atoms with Gasteiger partial charge in [0.1, 0.15) is 6.04 Å². The largest absolute Gasteiger partial charge is 0.323 e. The second-order valence-corrected chi connectivity index (χ2v) is 7.69. The van der Waals surface area contributed by atoms with E-state index < -0.39 is 6.04 Å². The first-order valence-corrected chi connectivity index (χ1v) is 8.60. The first-order valence-electron chi connectivity index (χ1n) is 8.60. The van der Waals surface area contributed by atoms with Gasteiger partial charge in [0.15, 0.2) is 0 Å². The summed E-state index contributed by atoms with van der Waals surface area (Å²) in [5, 5.41) is 2.32. The molecule has 3 heterocycles. The quantitative estimate of drug-likeness (QED) is 0.753. The Labute approximate surface area is 146 Å². The normalized spacial score (nSPS) is 25.6. The first kappa shape index (κ1) is 16.2. The highest BCUT2D eigenvalue weighted by Gasteiger charge is 2.39. The summed E-state index contributed by atoms with van der Waals surface area (Å²) >= 11 is 0. The predicted molar refractivity (Wildman–Crippen MR) is 90.4 cm³/mol. The molecule has 7 nitrogen and oxygen atoms in total. The Morgan fingerprint density at radius 3 is 2.72 bits per heavy atom. The van der Waals surface area contributed by atoms with Crippen LogP contribution in [0.3, 0.4) is 0 Å². The van der Waals surface area contributed by atoms with Gasteiger partial charge in [-0.15, -0.1) is 0 Å². The van der Waals surface area contributed by atoms with E-state index in [1.165, 1.54) is 0 Å². The van der Waals surface area contributed by atoms with Crippen molar-refractivity contribution in [2.75, 3.05) is 13.1 Å². The van der Waals surface area contributed by atoms with E-state index >= 15 is 0 Å². The summed E-state index contributed by atoms with van der Waals surface area (Å²) in [5.74, 6) is -0.770. The van der Waals surface area contributed by atoms with E-state index in [4.69, 9.17) is 5.73 Å². The smallest absolute Gasteiger partial charge is 0.255 e. The fraction of sp³-hybridized carbons (Fsp3) is 0.500. The van der Waals surface area contributed by atoms with Gasteiger partial charge in [0.25, 0.3) is 5.91 Å². The molecular formula is C18H22N4O3. The number of likely N-dealkylation sites (tertiary alicyclic amines) is 1. The van der Waals surface area contributed by atoms with Gasteiger partial charge in [0, 0.05) is 43.7 Å². The van der Waals surface area contributed by atoms with E-state index in [9.17, 15) is 14.4 Å². The molecule has 3 aliphatic heterocycles. The molecule has 2 fully saturated rings. The third-order valence-corrected chi connectivity index (χ3v) is 5.17. The van der Waals surface area contributed by atoms with Crippen molar-refractivity contribution in [3.05, 3.63) is 34.9 Å². The van der Waals surface area contributed by atoms with Crippen molar-refractivity contribution in [3.8, 4) is 0 Å². The second-order valence-electron chi connectivity index (χ2n) is 7.69. The first-order chi connectivity index (χ1) is 11.8. The Kier molecular flexibility index (Phi) is 3.66. The Bertz CT molecular complexity index is 766. The molecule has 1 unspecified atom stereocenters. The van der Waals surface area contributed by atoms with Crippen LogP contribution < -0.4 is 11.1 Å². The molecule has 132 valence electrons. The molecule has 0 spiro atoms. The molecular weight excluding hydrogens is 320 g/mol. The molecule has 0 aliphatic carbocycles. The third-order valence-electron chi connectivity index (χ3n) is 5.17. The van der Waals surface area contributed by atoms with E-state index in [-0.39, 0.29) is 29.7 Å². The van der Waals surface area contributed by atoms with Crippen LogP contribution >= 0.6 is 0 Å². The molecule has 1 aromatic carbocycles. The number of carbonyl (C=O) groups is 3. The van der Waals surface area contributed by atoms with Crippen LogP contribution in [-0.4, -0.2) is 52.2 Å². The Balaban J connectivity index is 1.48. The van der Waals surface area contributed by atoms with Crippen LogP contribution in [0.5, 0.6) is 0 Å². The highest BCUT2D eigenvalue weighted by molar-refractivity contribution is 6.05. The van der Waals surface area contributed by atoms with E-state index in [1.807, 2.05) is 25.1 Å². The van der Waals surface area contributed by atoms with Crippen LogP contribution in [0.4, 0.5) is 0 Å². The highest BCUT2D eigenvalue weighted by Crippen LogP contribution is 2.29. The Morgan fingerprint density at radius 1 is 1.28 bits per heavy atom. The molecule has 1 atom stereocenters. The van der Waals surface area contributed by atoms with Crippen LogP contribution in [0.1, 0.15) is 41.3 Å². The molecule has 1 aromatic rings. The fourth-order valence-corrected chi connectivity index (χ4v) is 4.05. The summed E-state index contributed by atoms with van der Waals surface area (Å²) < 4.78 is 0. The van der Waals surface area contributed by atoms with Crippen molar-refractivity contribution in [1.82, 2.24) is 15.1 Å². The zero-order valence-electron chi connectivity index (χ0n) is 14.2. The summed E-state index contributed by atoms with van der Waals surface area (Å²) in [6, 6.07) is 5.37. The summed E-state index contributed by atoms with van der Waals surface area (Å²) in [4.78, 5) is 40.0. The Hall–Kier alpha value is -2.25. The van der Waals surface area contributed by atoms with Crippen LogP contribution in [0.15, 0.2) is 18.2 Å². The lowest BCUT2D eigenvalue weighted by molar-refractivity contribution is -0.136. The lowest BCUT2D eigenvalue weighted by Crippen LogP contribution is -2.64. The fourth-order valence-electron chi connectivity index (χ4n) is 4.05. The van der Waals surface area contributed by atoms with E-state index in [0.717, 1.165) is 30.8 Å². The number of piperidine rings is 1. The number of hydrogen-bond acceptors (Lipinski definition) is 5. The Morgan fingerprint density at radius 2 is 2.04 bits per heavy atom. The van der Waals surface area contributed by atoms with Crippen molar-refractivity contribution in [3.63, 3.8) is 0 Å². The van der Waals surface area contributed by atoms with Crippen LogP contribution in [0, 0.1) is 0 Å². The van der Waals surface area contributed by atoms with Crippen molar-refractivity contribution in [2.24, 2.45) is 5.73 Å². The van der Waals surface area contributed by atoms with Crippen molar-refractivity contribution in [1.29, 1.82) is 0 Å². The second kappa shape index (κ2) is 5.64. The number of nitrogens with zero attached hydrogens (tertiary/aromatic N) is 2. The van der Waals surface area contributed by atoms with E-state index in [0.29, 0.717) is 18.5 Å². The van der Waals surface area contributed by atoms with Crippen LogP contribution in [-0.2, 0) is 22.7 Å². The predicted octanol–water partition coefficient (Wildman–Crippen LogP) is -0.0194. The van der Waals surface area contributed by atoms with Gasteiger partial charge < -0.3 is 10.6 Å². The molecule has 25 heavy (non-hydrogen) atoms. The van der Waals surface area contributed by atoms with Crippen LogP contribution in [0.2, 0.25) is 0 Å². The zero-order valence-corrected chi connectivity index (χ0v) is 14.2. The number of nitrogens with two attached hydrogens (primary N) is 1. The van der Waals surface area contributed by atoms with E-state index in [1.54, 1.807) is 4.90 Å². The lowest BCUT2D eigenvalue weighted by Gasteiger charge is -2.45. The summed E-state index contributed by atoms with van der Waals surface area (Å²) in [7, 11) is 0. The topological polar surface area (TPSA) is 95.7 Å². The SMILES string of the molecule is CC1(N)CN(Cc2ccc3c(c2)C(=O)N(C2CCC(=O)NC2=O)C3)C1. The minimum Gasteiger partial charge on any atom is -0.323 e. The van der Waals surface area contributed by atoms with Gasteiger partial charge in [0.05, 0.1) is 0 Å². The maximum atomic E-state index is 12.8. The molecule has 7 heteroatoms. The average Bonchev–Trinajstić information content (AvgIpc) is 2.82. The van der Waals surface area contributed by atoms with Crippen molar-refractivity contribution >= 4 is 17.7 Å². The zero-order chi connectivity index (χ0) is 17.8. The molecule has 0 radical (unpaired) electrons. The van der Waals surface area contributed by atoms with Crippen molar-refractivity contribution in [2.45, 2.75) is 44.4 Å². The highest BCUT2D eigenvalue weighted by atomic mass is 16.2. The van der Waals surface area contributed by atoms with Gasteiger partial charge in [-0.3, -0.25) is 24.6 Å². The molecule has 3 N–H and O–H groups in total. The number of carbonyl (C=O) groups excluding carboxylic acids is 3. The maximum Gasteiger partial charge on any atom is 0.255 e. The van der Waals surface area contributed by atoms with E-state index in [2.05, 4.69) is 10.2 Å². The van der Waals surface area contributed by atoms with Gasteiger partial charge in [-0.1, -0.05) is 12.1 Å². The molecule has 3 amide bonds. The van der Waals surface area contributed by atoms with Gasteiger partial charge in [-0.05, 0) is 30.5 Å². The number of hydrogen-bond donors (Lipinski definition) is 2. The minimum absolute atomic E-state index is 0.116. The summed E-state index contributed by atoms with van der Waals surface area (Å²) in [6.07, 6.45) is 0.661. The molecule has 0 aromatic heterocycles. The molecule has 0 bridgehead atoms. The van der Waals surface area contributed by atoms with Crippen molar-refractivity contribution < 1.29 is 14.4 Å². The van der Waals surface area contributed by atoms with Gasteiger partial charge in [-0.2, -0.15) is 0 Å². The van der Waals surface area contributed by atoms with Gasteiger partial charge >= 0.3 is 0 Å². The third kappa shape index (κ3) is 2.94. The number of imide groups is 1. The standard InChI is InChI=1S/C18H22N4O3/c1-18(19)9-21(10-18)7-11-2-3-12-8-22(17(25)13(12)6-11)14-4-5-15(23)20-16(14)24/h2-3,6,14H,4-5,7-10,19H2,1H3,(H,20,23,24). The maximum absolute atomic E-state index is 12.8. The number of nitrogens with one attached hydrogen (secondary N) is 1. The molecule has 0 saturated carbocycles.